The Hall–Kier alpha value is -1.92. The number of furan rings is 1. The Morgan fingerprint density at radius 2 is 1.95 bits per heavy atom. The highest BCUT2D eigenvalue weighted by molar-refractivity contribution is 8.27. The predicted molar refractivity (Wildman–Crippen MR) is 85.5 cm³/mol. The second kappa shape index (κ2) is 5.46. The van der Waals surface area contributed by atoms with E-state index < -0.39 is 0 Å². The van der Waals surface area contributed by atoms with Crippen LogP contribution in [0.4, 0.5) is 10.1 Å². The topological polar surface area (TPSA) is 33.5 Å². The molecule has 0 atom stereocenters. The lowest BCUT2D eigenvalue weighted by Crippen LogP contribution is -2.27. The second-order valence-electron chi connectivity index (χ2n) is 4.44. The van der Waals surface area contributed by atoms with Crippen LogP contribution in [-0.4, -0.2) is 10.2 Å². The summed E-state index contributed by atoms with van der Waals surface area (Å²) in [6.45, 7) is 1.83. The van der Waals surface area contributed by atoms with Crippen LogP contribution in [0.15, 0.2) is 45.7 Å². The normalized spacial score (nSPS) is 17.0. The number of thiocarbonyl (C=S) groups is 1. The fourth-order valence-corrected chi connectivity index (χ4v) is 3.22. The first-order chi connectivity index (χ1) is 10.0. The molecule has 21 heavy (non-hydrogen) atoms. The molecule has 0 spiro atoms. The van der Waals surface area contributed by atoms with Crippen molar-refractivity contribution in [2.24, 2.45) is 0 Å². The Morgan fingerprint density at radius 3 is 2.57 bits per heavy atom. The number of carbonyl (C=O) groups is 1. The van der Waals surface area contributed by atoms with Gasteiger partial charge in [-0.15, -0.1) is 0 Å². The molecule has 1 saturated heterocycles. The molecule has 106 valence electrons. The average molecular weight is 319 g/mol. The van der Waals surface area contributed by atoms with Crippen molar-refractivity contribution < 1.29 is 13.6 Å². The maximum absolute atomic E-state index is 13.0. The lowest BCUT2D eigenvalue weighted by molar-refractivity contribution is -0.113. The quantitative estimate of drug-likeness (QED) is 0.615. The maximum Gasteiger partial charge on any atom is 0.270 e. The first-order valence-electron chi connectivity index (χ1n) is 6.14. The van der Waals surface area contributed by atoms with Crippen LogP contribution in [0.25, 0.3) is 6.08 Å². The lowest BCUT2D eigenvalue weighted by atomic mass is 10.3. The number of rotatable bonds is 2. The molecule has 0 unspecified atom stereocenters. The SMILES string of the molecule is Cc1ccc(C=C2SC(=S)N(c3ccc(F)cc3)C2=O)o1. The van der Waals surface area contributed by atoms with Crippen molar-refractivity contribution >= 4 is 46.0 Å². The van der Waals surface area contributed by atoms with Crippen molar-refractivity contribution in [1.29, 1.82) is 0 Å². The number of carbonyl (C=O) groups excluding carboxylic acids is 1. The van der Waals surface area contributed by atoms with Gasteiger partial charge in [0.15, 0.2) is 4.32 Å². The van der Waals surface area contributed by atoms with E-state index in [4.69, 9.17) is 16.6 Å². The van der Waals surface area contributed by atoms with Gasteiger partial charge in [-0.05, 0) is 43.3 Å². The van der Waals surface area contributed by atoms with Crippen molar-refractivity contribution in [2.45, 2.75) is 6.92 Å². The summed E-state index contributed by atoms with van der Waals surface area (Å²) in [5.74, 6) is 0.791. The number of aryl methyl sites for hydroxylation is 1. The van der Waals surface area contributed by atoms with E-state index in [2.05, 4.69) is 0 Å². The molecule has 6 heteroatoms. The molecule has 3 nitrogen and oxygen atoms in total. The molecule has 0 saturated carbocycles. The highest BCUT2D eigenvalue weighted by Gasteiger charge is 2.33. The molecular formula is C15H10FNO2S2. The van der Waals surface area contributed by atoms with Crippen molar-refractivity contribution in [2.75, 3.05) is 4.90 Å². The summed E-state index contributed by atoms with van der Waals surface area (Å²) in [7, 11) is 0. The zero-order valence-corrected chi connectivity index (χ0v) is 12.6. The number of anilines is 1. The van der Waals surface area contributed by atoms with E-state index in [0.29, 0.717) is 20.7 Å². The van der Waals surface area contributed by atoms with Crippen LogP contribution >= 0.6 is 24.0 Å². The van der Waals surface area contributed by atoms with Gasteiger partial charge in [0.2, 0.25) is 0 Å². The number of nitrogens with zero attached hydrogens (tertiary/aromatic N) is 1. The highest BCUT2D eigenvalue weighted by Crippen LogP contribution is 2.36. The van der Waals surface area contributed by atoms with Crippen LogP contribution in [0.5, 0.6) is 0 Å². The smallest absolute Gasteiger partial charge is 0.270 e. The number of halogens is 1. The first-order valence-corrected chi connectivity index (χ1v) is 7.37. The van der Waals surface area contributed by atoms with Crippen LogP contribution in [0.3, 0.4) is 0 Å². The van der Waals surface area contributed by atoms with E-state index in [1.165, 1.54) is 40.9 Å². The monoisotopic (exact) mass is 319 g/mol. The van der Waals surface area contributed by atoms with Gasteiger partial charge in [-0.3, -0.25) is 9.69 Å². The molecule has 1 aromatic carbocycles. The summed E-state index contributed by atoms with van der Waals surface area (Å²) in [6.07, 6.45) is 1.66. The Bertz CT molecular complexity index is 749. The molecule has 1 amide bonds. The Morgan fingerprint density at radius 1 is 1.24 bits per heavy atom. The fourth-order valence-electron chi connectivity index (χ4n) is 1.94. The van der Waals surface area contributed by atoms with Crippen LogP contribution in [0.2, 0.25) is 0 Å². The molecule has 3 rings (SSSR count). The highest BCUT2D eigenvalue weighted by atomic mass is 32.2. The number of hydrogen-bond donors (Lipinski definition) is 0. The molecule has 0 radical (unpaired) electrons. The summed E-state index contributed by atoms with van der Waals surface area (Å²) in [4.78, 5) is 14.3. The third-order valence-electron chi connectivity index (χ3n) is 2.91. The van der Waals surface area contributed by atoms with E-state index in [1.807, 2.05) is 13.0 Å². The van der Waals surface area contributed by atoms with E-state index in [9.17, 15) is 9.18 Å². The molecule has 1 fully saturated rings. The van der Waals surface area contributed by atoms with E-state index in [1.54, 1.807) is 12.1 Å². The number of benzene rings is 1. The van der Waals surface area contributed by atoms with Crippen molar-refractivity contribution in [3.05, 3.63) is 58.6 Å². The fraction of sp³-hybridized carbons (Fsp3) is 0.0667. The van der Waals surface area contributed by atoms with Crippen molar-refractivity contribution in [3.63, 3.8) is 0 Å². The Kier molecular flexibility index (Phi) is 3.65. The van der Waals surface area contributed by atoms with Crippen LogP contribution in [0.1, 0.15) is 11.5 Å². The standard InChI is InChI=1S/C15H10FNO2S2/c1-9-2-7-12(19-9)8-13-14(18)17(15(20)21-13)11-5-3-10(16)4-6-11/h2-8H,1H3. The van der Waals surface area contributed by atoms with Crippen molar-refractivity contribution in [3.8, 4) is 0 Å². The zero-order chi connectivity index (χ0) is 15.0. The van der Waals surface area contributed by atoms with Gasteiger partial charge in [0, 0.05) is 6.08 Å². The van der Waals surface area contributed by atoms with Crippen molar-refractivity contribution in [1.82, 2.24) is 0 Å². The third kappa shape index (κ3) is 2.77. The minimum Gasteiger partial charge on any atom is -0.462 e. The molecule has 1 aromatic heterocycles. The molecule has 2 heterocycles. The second-order valence-corrected chi connectivity index (χ2v) is 6.12. The molecule has 1 aliphatic rings. The van der Waals surface area contributed by atoms with Crippen LogP contribution in [0, 0.1) is 12.7 Å². The molecule has 2 aromatic rings. The molecular weight excluding hydrogens is 309 g/mol. The van der Waals surface area contributed by atoms with Gasteiger partial charge in [-0.25, -0.2) is 4.39 Å². The molecule has 0 N–H and O–H groups in total. The number of amides is 1. The minimum absolute atomic E-state index is 0.231. The summed E-state index contributed by atoms with van der Waals surface area (Å²) < 4.78 is 18.8. The Labute approximate surface area is 130 Å². The average Bonchev–Trinajstić information content (AvgIpc) is 2.96. The lowest BCUT2D eigenvalue weighted by Gasteiger charge is -2.14. The third-order valence-corrected chi connectivity index (χ3v) is 4.22. The summed E-state index contributed by atoms with van der Waals surface area (Å²) in [5, 5.41) is 0. The zero-order valence-electron chi connectivity index (χ0n) is 11.0. The van der Waals surface area contributed by atoms with Gasteiger partial charge in [-0.1, -0.05) is 24.0 Å². The van der Waals surface area contributed by atoms with Gasteiger partial charge < -0.3 is 4.42 Å². The van der Waals surface area contributed by atoms with Gasteiger partial charge in [0.05, 0.1) is 10.6 Å². The number of hydrogen-bond acceptors (Lipinski definition) is 4. The maximum atomic E-state index is 13.0. The van der Waals surface area contributed by atoms with Gasteiger partial charge in [0.1, 0.15) is 17.3 Å². The van der Waals surface area contributed by atoms with Gasteiger partial charge in [-0.2, -0.15) is 0 Å². The molecule has 1 aliphatic heterocycles. The Balaban J connectivity index is 1.92. The summed E-state index contributed by atoms with van der Waals surface area (Å²) >= 11 is 6.43. The van der Waals surface area contributed by atoms with Gasteiger partial charge >= 0.3 is 0 Å². The summed E-state index contributed by atoms with van der Waals surface area (Å²) in [6, 6.07) is 9.27. The first kappa shape index (κ1) is 14.0. The van der Waals surface area contributed by atoms with E-state index in [-0.39, 0.29) is 11.7 Å². The summed E-state index contributed by atoms with van der Waals surface area (Å²) in [5.41, 5.74) is 0.554. The van der Waals surface area contributed by atoms with E-state index >= 15 is 0 Å². The molecule has 0 aliphatic carbocycles. The number of thioether (sulfide) groups is 1. The van der Waals surface area contributed by atoms with Crippen LogP contribution < -0.4 is 4.90 Å². The minimum atomic E-state index is -0.356. The molecule has 0 bridgehead atoms. The van der Waals surface area contributed by atoms with E-state index in [0.717, 1.165) is 5.76 Å². The predicted octanol–water partition coefficient (Wildman–Crippen LogP) is 4.13. The van der Waals surface area contributed by atoms with Crippen LogP contribution in [-0.2, 0) is 4.79 Å². The largest absolute Gasteiger partial charge is 0.462 e. The van der Waals surface area contributed by atoms with Gasteiger partial charge in [0.25, 0.3) is 5.91 Å².